The third-order valence-electron chi connectivity index (χ3n) is 5.77. The zero-order valence-corrected chi connectivity index (χ0v) is 12.5. The molecule has 1 N–H and O–H groups in total. The van der Waals surface area contributed by atoms with Gasteiger partial charge in [0.1, 0.15) is 17.5 Å². The van der Waals surface area contributed by atoms with Gasteiger partial charge in [0.25, 0.3) is 0 Å². The Morgan fingerprint density at radius 1 is 1.19 bits per heavy atom. The largest absolute Gasteiger partial charge is 0.355 e. The summed E-state index contributed by atoms with van der Waals surface area (Å²) < 4.78 is 0. The first kappa shape index (κ1) is 13.1. The molecule has 4 aliphatic rings. The second-order valence-electron chi connectivity index (χ2n) is 6.76. The van der Waals surface area contributed by atoms with Crippen molar-refractivity contribution in [2.45, 2.75) is 56.8 Å². The van der Waals surface area contributed by atoms with Crippen molar-refractivity contribution in [2.24, 2.45) is 5.92 Å². The Balaban J connectivity index is 1.84. The predicted molar refractivity (Wildman–Crippen MR) is 77.8 cm³/mol. The van der Waals surface area contributed by atoms with Crippen molar-refractivity contribution >= 4 is 5.78 Å². The number of carbonyl (C=O) groups is 1. The van der Waals surface area contributed by atoms with E-state index in [9.17, 15) is 10.1 Å². The molecule has 0 radical (unpaired) electrons. The second-order valence-corrected chi connectivity index (χ2v) is 6.76. The van der Waals surface area contributed by atoms with E-state index in [0.29, 0.717) is 17.7 Å². The standard InChI is InChI=1S/C16H22N4O/c1-19-12-6-2-3-7-13(12)20-15-10(5-4-8-18-15)14(21)11(9-17)16(19)20/h10,12-13,15,18H,2-8H2,1H3. The van der Waals surface area contributed by atoms with E-state index in [4.69, 9.17) is 0 Å². The topological polar surface area (TPSA) is 59.4 Å². The van der Waals surface area contributed by atoms with E-state index >= 15 is 0 Å². The fourth-order valence-corrected chi connectivity index (χ4v) is 4.85. The first-order valence-electron chi connectivity index (χ1n) is 8.17. The van der Waals surface area contributed by atoms with Gasteiger partial charge in [-0.25, -0.2) is 0 Å². The molecule has 0 spiro atoms. The van der Waals surface area contributed by atoms with Crippen LogP contribution in [0.4, 0.5) is 0 Å². The van der Waals surface area contributed by atoms with Gasteiger partial charge in [0.05, 0.1) is 24.2 Å². The van der Waals surface area contributed by atoms with Gasteiger partial charge in [-0.15, -0.1) is 0 Å². The van der Waals surface area contributed by atoms with Crippen molar-refractivity contribution in [3.8, 4) is 6.07 Å². The van der Waals surface area contributed by atoms with Gasteiger partial charge in [-0.1, -0.05) is 12.8 Å². The van der Waals surface area contributed by atoms with Crippen molar-refractivity contribution in [3.05, 3.63) is 11.4 Å². The number of hydrogen-bond acceptors (Lipinski definition) is 5. The van der Waals surface area contributed by atoms with Crippen LogP contribution in [0.15, 0.2) is 11.4 Å². The second kappa shape index (κ2) is 4.74. The highest BCUT2D eigenvalue weighted by atomic mass is 16.1. The molecule has 4 rings (SSSR count). The molecule has 0 aromatic heterocycles. The summed E-state index contributed by atoms with van der Waals surface area (Å²) in [5.41, 5.74) is 0.400. The Hall–Kier alpha value is -1.54. The highest BCUT2D eigenvalue weighted by Gasteiger charge is 2.53. The molecule has 1 saturated carbocycles. The number of likely N-dealkylation sites (N-methyl/N-ethyl adjacent to an activating group) is 1. The molecule has 1 aliphatic carbocycles. The van der Waals surface area contributed by atoms with Crippen LogP contribution >= 0.6 is 0 Å². The van der Waals surface area contributed by atoms with Crippen LogP contribution in [0.1, 0.15) is 38.5 Å². The van der Waals surface area contributed by atoms with Gasteiger partial charge in [0.2, 0.25) is 0 Å². The van der Waals surface area contributed by atoms with Gasteiger partial charge in [-0.2, -0.15) is 5.26 Å². The van der Waals surface area contributed by atoms with Crippen molar-refractivity contribution in [1.82, 2.24) is 15.1 Å². The molecule has 3 fully saturated rings. The highest BCUT2D eigenvalue weighted by molar-refractivity contribution is 6.02. The summed E-state index contributed by atoms with van der Waals surface area (Å²) >= 11 is 0. The number of nitrogens with zero attached hydrogens (tertiary/aromatic N) is 3. The van der Waals surface area contributed by atoms with Gasteiger partial charge < -0.3 is 9.80 Å². The Labute approximate surface area is 125 Å². The van der Waals surface area contributed by atoms with E-state index in [1.807, 2.05) is 0 Å². The Morgan fingerprint density at radius 2 is 1.95 bits per heavy atom. The normalized spacial score (nSPS) is 38.8. The van der Waals surface area contributed by atoms with E-state index in [1.165, 1.54) is 25.7 Å². The minimum Gasteiger partial charge on any atom is -0.355 e. The van der Waals surface area contributed by atoms with E-state index in [-0.39, 0.29) is 17.9 Å². The molecule has 0 amide bonds. The quantitative estimate of drug-likeness (QED) is 0.725. The predicted octanol–water partition coefficient (Wildman–Crippen LogP) is 1.19. The number of piperidine rings is 1. The SMILES string of the molecule is CN1C2=C(C#N)C(=O)C3CCCNC3N2C2CCCCC21. The lowest BCUT2D eigenvalue weighted by molar-refractivity contribution is -0.124. The van der Waals surface area contributed by atoms with E-state index in [1.54, 1.807) is 0 Å². The van der Waals surface area contributed by atoms with Crippen LogP contribution in [0.25, 0.3) is 0 Å². The Bertz CT molecular complexity index is 549. The zero-order chi connectivity index (χ0) is 14.6. The number of ketones is 1. The van der Waals surface area contributed by atoms with Crippen LogP contribution in [0.3, 0.4) is 0 Å². The minimum absolute atomic E-state index is 0.0359. The maximum absolute atomic E-state index is 12.7. The van der Waals surface area contributed by atoms with Crippen LogP contribution in [0.2, 0.25) is 0 Å². The fourth-order valence-electron chi connectivity index (χ4n) is 4.85. The van der Waals surface area contributed by atoms with Crippen LogP contribution in [-0.4, -0.2) is 47.4 Å². The number of Topliss-reactive ketones (excluding diaryl/α,β-unsaturated/α-hetero) is 1. The van der Waals surface area contributed by atoms with Crippen molar-refractivity contribution < 1.29 is 4.79 Å². The number of allylic oxidation sites excluding steroid dienone is 1. The average molecular weight is 286 g/mol. The lowest BCUT2D eigenvalue weighted by Gasteiger charge is -2.45. The number of carbonyl (C=O) groups excluding carboxylic acids is 1. The maximum atomic E-state index is 12.7. The molecule has 21 heavy (non-hydrogen) atoms. The van der Waals surface area contributed by atoms with Gasteiger partial charge in [-0.05, 0) is 32.2 Å². The molecule has 0 aromatic rings. The molecule has 4 unspecified atom stereocenters. The molecule has 112 valence electrons. The molecular formula is C16H22N4O. The van der Waals surface area contributed by atoms with Crippen molar-refractivity contribution in [3.63, 3.8) is 0 Å². The summed E-state index contributed by atoms with van der Waals surface area (Å²) in [5, 5.41) is 13.1. The monoisotopic (exact) mass is 286 g/mol. The first-order valence-corrected chi connectivity index (χ1v) is 8.17. The summed E-state index contributed by atoms with van der Waals surface area (Å²) in [6, 6.07) is 3.15. The van der Waals surface area contributed by atoms with Gasteiger partial charge in [0, 0.05) is 7.05 Å². The molecule has 5 nitrogen and oxygen atoms in total. The van der Waals surface area contributed by atoms with E-state index in [2.05, 4.69) is 28.2 Å². The Kier molecular flexibility index (Phi) is 2.97. The van der Waals surface area contributed by atoms with Crippen LogP contribution in [-0.2, 0) is 4.79 Å². The smallest absolute Gasteiger partial charge is 0.183 e. The van der Waals surface area contributed by atoms with Crippen molar-refractivity contribution in [2.75, 3.05) is 13.6 Å². The number of rotatable bonds is 0. The first-order chi connectivity index (χ1) is 10.2. The fraction of sp³-hybridized carbons (Fsp3) is 0.750. The molecule has 0 aromatic carbocycles. The summed E-state index contributed by atoms with van der Waals surface area (Å²) in [4.78, 5) is 17.3. The average Bonchev–Trinajstić information content (AvgIpc) is 2.82. The van der Waals surface area contributed by atoms with Crippen LogP contribution < -0.4 is 5.32 Å². The van der Waals surface area contributed by atoms with Crippen LogP contribution in [0, 0.1) is 17.2 Å². The Morgan fingerprint density at radius 3 is 2.71 bits per heavy atom. The number of fused-ring (bicyclic) bond motifs is 5. The maximum Gasteiger partial charge on any atom is 0.183 e. The number of nitrogens with one attached hydrogen (secondary N) is 1. The molecule has 0 bridgehead atoms. The summed E-state index contributed by atoms with van der Waals surface area (Å²) in [6.45, 7) is 0.973. The zero-order valence-electron chi connectivity index (χ0n) is 12.5. The van der Waals surface area contributed by atoms with E-state index in [0.717, 1.165) is 25.2 Å². The molecular weight excluding hydrogens is 264 g/mol. The summed E-state index contributed by atoms with van der Waals surface area (Å²) in [7, 11) is 2.06. The van der Waals surface area contributed by atoms with Crippen LogP contribution in [0.5, 0.6) is 0 Å². The third kappa shape index (κ3) is 1.69. The lowest BCUT2D eigenvalue weighted by Crippen LogP contribution is -2.60. The van der Waals surface area contributed by atoms with Crippen molar-refractivity contribution in [1.29, 1.82) is 5.26 Å². The number of hydrogen-bond donors (Lipinski definition) is 1. The summed E-state index contributed by atoms with van der Waals surface area (Å²) in [5.74, 6) is 0.924. The molecule has 4 atom stereocenters. The summed E-state index contributed by atoms with van der Waals surface area (Å²) in [6.07, 6.45) is 6.90. The van der Waals surface area contributed by atoms with Gasteiger partial charge in [-0.3, -0.25) is 10.1 Å². The molecule has 5 heteroatoms. The molecule has 3 heterocycles. The number of nitriles is 1. The third-order valence-corrected chi connectivity index (χ3v) is 5.77. The molecule has 2 saturated heterocycles. The van der Waals surface area contributed by atoms with Gasteiger partial charge in [0.15, 0.2) is 5.78 Å². The highest BCUT2D eigenvalue weighted by Crippen LogP contribution is 2.45. The minimum atomic E-state index is -0.0359. The van der Waals surface area contributed by atoms with Gasteiger partial charge >= 0.3 is 0 Å². The lowest BCUT2D eigenvalue weighted by atomic mass is 9.83. The van der Waals surface area contributed by atoms with E-state index < -0.39 is 0 Å². The molecule has 3 aliphatic heterocycles.